The molecular formula is C15H11ClFN3O3. The molecule has 0 fully saturated rings. The van der Waals surface area contributed by atoms with Crippen LogP contribution in [0, 0.1) is 23.1 Å². The Morgan fingerprint density at radius 3 is 2.83 bits per heavy atom. The van der Waals surface area contributed by atoms with Gasteiger partial charge in [0.15, 0.2) is 11.8 Å². The maximum Gasteiger partial charge on any atom is 0.249 e. The highest BCUT2D eigenvalue weighted by Gasteiger charge is 2.30. The van der Waals surface area contributed by atoms with Crippen LogP contribution >= 0.6 is 11.6 Å². The van der Waals surface area contributed by atoms with E-state index in [0.717, 1.165) is 12.3 Å². The van der Waals surface area contributed by atoms with Crippen molar-refractivity contribution in [3.05, 3.63) is 46.9 Å². The maximum atomic E-state index is 13.1. The Morgan fingerprint density at radius 2 is 2.26 bits per heavy atom. The number of ketones is 1. The average Bonchev–Trinajstić information content (AvgIpc) is 3.00. The number of carbonyl (C=O) groups excluding carboxylic acids is 2. The number of carbonyl (C=O) groups is 2. The van der Waals surface area contributed by atoms with E-state index in [0.29, 0.717) is 12.3 Å². The lowest BCUT2D eigenvalue weighted by atomic mass is 10.0. The molecule has 1 N–H and O–H groups in total. The van der Waals surface area contributed by atoms with Crippen molar-refractivity contribution in [1.82, 2.24) is 4.98 Å². The highest BCUT2D eigenvalue weighted by Crippen LogP contribution is 2.20. The molecule has 0 bridgehead atoms. The molecule has 6 nitrogen and oxygen atoms in total. The topological polar surface area (TPSA) is 96.0 Å². The van der Waals surface area contributed by atoms with Gasteiger partial charge >= 0.3 is 0 Å². The van der Waals surface area contributed by atoms with Crippen molar-refractivity contribution in [3.63, 3.8) is 0 Å². The summed E-state index contributed by atoms with van der Waals surface area (Å²) < 4.78 is 18.1. The Labute approximate surface area is 135 Å². The molecule has 1 aromatic heterocycles. The molecule has 0 spiro atoms. The normalized spacial score (nSPS) is 11.6. The molecule has 1 atom stereocenters. The zero-order chi connectivity index (χ0) is 17.0. The minimum atomic E-state index is -1.60. The van der Waals surface area contributed by atoms with E-state index < -0.39 is 23.4 Å². The van der Waals surface area contributed by atoms with Crippen molar-refractivity contribution < 1.29 is 18.4 Å². The van der Waals surface area contributed by atoms with E-state index in [1.54, 1.807) is 13.0 Å². The molecule has 0 aliphatic heterocycles. The van der Waals surface area contributed by atoms with Gasteiger partial charge in [-0.3, -0.25) is 9.59 Å². The molecule has 23 heavy (non-hydrogen) atoms. The van der Waals surface area contributed by atoms with Crippen LogP contribution in [0.2, 0.25) is 5.02 Å². The number of aryl methyl sites for hydroxylation is 1. The Hall–Kier alpha value is -2.72. The average molecular weight is 336 g/mol. The van der Waals surface area contributed by atoms with Gasteiger partial charge in [0.25, 0.3) is 0 Å². The molecule has 0 aliphatic rings. The van der Waals surface area contributed by atoms with Crippen molar-refractivity contribution in [2.24, 2.45) is 5.92 Å². The van der Waals surface area contributed by atoms with E-state index in [9.17, 15) is 14.0 Å². The van der Waals surface area contributed by atoms with Gasteiger partial charge in [-0.15, -0.1) is 0 Å². The van der Waals surface area contributed by atoms with Crippen LogP contribution in [0.3, 0.4) is 0 Å². The van der Waals surface area contributed by atoms with Crippen LogP contribution in [0.1, 0.15) is 23.3 Å². The molecular weight excluding hydrogens is 325 g/mol. The number of hydrogen-bond acceptors (Lipinski definition) is 5. The fourth-order valence-electron chi connectivity index (χ4n) is 1.76. The summed E-state index contributed by atoms with van der Waals surface area (Å²) in [5.74, 6) is -3.56. The summed E-state index contributed by atoms with van der Waals surface area (Å²) >= 11 is 5.61. The number of hydrogen-bond donors (Lipinski definition) is 1. The number of benzene rings is 1. The molecule has 8 heteroatoms. The first kappa shape index (κ1) is 16.6. The van der Waals surface area contributed by atoms with Gasteiger partial charge in [0.05, 0.1) is 11.1 Å². The number of amides is 1. The van der Waals surface area contributed by atoms with E-state index in [-0.39, 0.29) is 16.4 Å². The summed E-state index contributed by atoms with van der Waals surface area (Å²) in [5.41, 5.74) is 0.0736. The largest absolute Gasteiger partial charge is 0.448 e. The molecule has 0 unspecified atom stereocenters. The van der Waals surface area contributed by atoms with Crippen molar-refractivity contribution >= 4 is 29.0 Å². The fourth-order valence-corrected chi connectivity index (χ4v) is 1.94. The number of halogens is 2. The van der Waals surface area contributed by atoms with Gasteiger partial charge in [-0.05, 0) is 18.2 Å². The minimum Gasteiger partial charge on any atom is -0.448 e. The van der Waals surface area contributed by atoms with E-state index in [1.807, 2.05) is 0 Å². The lowest BCUT2D eigenvalue weighted by molar-refractivity contribution is -0.117. The van der Waals surface area contributed by atoms with E-state index in [2.05, 4.69) is 10.3 Å². The van der Waals surface area contributed by atoms with Gasteiger partial charge in [0.1, 0.15) is 17.8 Å². The second-order valence-electron chi connectivity index (χ2n) is 4.52. The Kier molecular flexibility index (Phi) is 5.09. The number of aromatic nitrogens is 1. The second-order valence-corrected chi connectivity index (χ2v) is 4.93. The molecule has 1 amide bonds. The summed E-state index contributed by atoms with van der Waals surface area (Å²) in [5, 5.41) is 11.2. The summed E-state index contributed by atoms with van der Waals surface area (Å²) in [4.78, 5) is 28.1. The Bertz CT molecular complexity index is 798. The van der Waals surface area contributed by atoms with Crippen molar-refractivity contribution in [3.8, 4) is 6.07 Å². The number of anilines is 1. The molecule has 0 aliphatic carbocycles. The number of nitrogens with one attached hydrogen (secondary N) is 1. The third-order valence-corrected chi connectivity index (χ3v) is 3.24. The monoisotopic (exact) mass is 335 g/mol. The van der Waals surface area contributed by atoms with Crippen LogP contribution in [-0.4, -0.2) is 16.7 Å². The standard InChI is InChI=1S/C15H11ClFN3O3/c1-2-13-20-12(7-23-13)14(21)9(6-18)15(22)19-8-3-4-11(17)10(16)5-8/h3-5,7,9H,2H2,1H3,(H,19,22)/t9-/m1/s1. The molecule has 1 heterocycles. The van der Waals surface area contributed by atoms with E-state index in [4.69, 9.17) is 21.3 Å². The summed E-state index contributed by atoms with van der Waals surface area (Å²) in [6.07, 6.45) is 1.58. The number of Topliss-reactive ketones (excluding diaryl/α,β-unsaturated/α-hetero) is 1. The van der Waals surface area contributed by atoms with Gasteiger partial charge in [0.2, 0.25) is 11.7 Å². The van der Waals surface area contributed by atoms with Crippen LogP contribution in [0.4, 0.5) is 10.1 Å². The predicted molar refractivity (Wildman–Crippen MR) is 79.4 cm³/mol. The first-order valence-electron chi connectivity index (χ1n) is 6.60. The molecule has 118 valence electrons. The number of nitriles is 1. The first-order valence-corrected chi connectivity index (χ1v) is 6.98. The Morgan fingerprint density at radius 1 is 1.52 bits per heavy atom. The van der Waals surface area contributed by atoms with Crippen molar-refractivity contribution in [2.45, 2.75) is 13.3 Å². The zero-order valence-corrected chi connectivity index (χ0v) is 12.7. The smallest absolute Gasteiger partial charge is 0.249 e. The lowest BCUT2D eigenvalue weighted by Crippen LogP contribution is -2.29. The van der Waals surface area contributed by atoms with Crippen molar-refractivity contribution in [2.75, 3.05) is 5.32 Å². The lowest BCUT2D eigenvalue weighted by Gasteiger charge is -2.08. The summed E-state index contributed by atoms with van der Waals surface area (Å²) in [6, 6.07) is 5.13. The quantitative estimate of drug-likeness (QED) is 0.669. The number of oxazole rings is 1. The van der Waals surface area contributed by atoms with Gasteiger partial charge in [-0.25, -0.2) is 9.37 Å². The zero-order valence-electron chi connectivity index (χ0n) is 12.0. The highest BCUT2D eigenvalue weighted by molar-refractivity contribution is 6.31. The number of nitrogens with zero attached hydrogens (tertiary/aromatic N) is 2. The van der Waals surface area contributed by atoms with E-state index in [1.165, 1.54) is 12.1 Å². The van der Waals surface area contributed by atoms with Gasteiger partial charge in [-0.1, -0.05) is 18.5 Å². The van der Waals surface area contributed by atoms with Gasteiger partial charge in [0, 0.05) is 12.1 Å². The van der Waals surface area contributed by atoms with Crippen LogP contribution in [0.15, 0.2) is 28.9 Å². The predicted octanol–water partition coefficient (Wildman–Crippen LogP) is 2.99. The first-order chi connectivity index (χ1) is 11.0. The van der Waals surface area contributed by atoms with Crippen LogP contribution in [-0.2, 0) is 11.2 Å². The Balaban J connectivity index is 2.16. The maximum absolute atomic E-state index is 13.1. The van der Waals surface area contributed by atoms with E-state index >= 15 is 0 Å². The van der Waals surface area contributed by atoms with Crippen molar-refractivity contribution in [1.29, 1.82) is 5.26 Å². The minimum absolute atomic E-state index is 0.0966. The molecule has 1 aromatic carbocycles. The van der Waals surface area contributed by atoms with Gasteiger partial charge < -0.3 is 9.73 Å². The highest BCUT2D eigenvalue weighted by atomic mass is 35.5. The molecule has 2 aromatic rings. The van der Waals surface area contributed by atoms with Crippen LogP contribution in [0.5, 0.6) is 0 Å². The fraction of sp³-hybridized carbons (Fsp3) is 0.200. The SMILES string of the molecule is CCc1nc(C(=O)[C@@H](C#N)C(=O)Nc2ccc(F)c(Cl)c2)co1. The number of rotatable bonds is 5. The third kappa shape index (κ3) is 3.73. The second kappa shape index (κ2) is 7.03. The molecule has 0 saturated heterocycles. The van der Waals surface area contributed by atoms with Crippen LogP contribution < -0.4 is 5.32 Å². The van der Waals surface area contributed by atoms with Gasteiger partial charge in [-0.2, -0.15) is 5.26 Å². The molecule has 0 radical (unpaired) electrons. The summed E-state index contributed by atoms with van der Waals surface area (Å²) in [7, 11) is 0. The van der Waals surface area contributed by atoms with Crippen LogP contribution in [0.25, 0.3) is 0 Å². The third-order valence-electron chi connectivity index (χ3n) is 2.95. The molecule has 2 rings (SSSR count). The molecule has 0 saturated carbocycles. The summed E-state index contributed by atoms with van der Waals surface area (Å²) in [6.45, 7) is 1.78.